The van der Waals surface area contributed by atoms with Gasteiger partial charge in [0.25, 0.3) is 0 Å². The fourth-order valence-electron chi connectivity index (χ4n) is 3.73. The molecule has 0 aromatic heterocycles. The van der Waals surface area contributed by atoms with Crippen LogP contribution in [0.15, 0.2) is 24.3 Å². The smallest absolute Gasteiger partial charge is 0.223 e. The van der Waals surface area contributed by atoms with Crippen LogP contribution in [-0.4, -0.2) is 49.3 Å². The molecule has 3 rings (SSSR count). The van der Waals surface area contributed by atoms with Crippen molar-refractivity contribution in [3.8, 4) is 0 Å². The number of rotatable bonds is 5. The van der Waals surface area contributed by atoms with Gasteiger partial charge >= 0.3 is 0 Å². The van der Waals surface area contributed by atoms with Crippen LogP contribution in [0.4, 0.5) is 0 Å². The van der Waals surface area contributed by atoms with E-state index in [9.17, 15) is 4.79 Å². The predicted molar refractivity (Wildman–Crippen MR) is 97.1 cm³/mol. The molecule has 2 atom stereocenters. The molecule has 0 bridgehead atoms. The first-order valence-electron chi connectivity index (χ1n) is 9.41. The standard InChI is InChI=1S/C20H30N2O3/c1-15-12-22(13-16(2)25-15)14-18-5-3-17(4-6-18)11-21-20(23)19-7-9-24-10-8-19/h3-6,15-16,19H,7-14H2,1-2H3,(H,21,23)/t15-,16-/m1/s1. The number of ether oxygens (including phenoxy) is 2. The quantitative estimate of drug-likeness (QED) is 0.889. The number of amides is 1. The van der Waals surface area contributed by atoms with E-state index in [1.54, 1.807) is 0 Å². The van der Waals surface area contributed by atoms with Crippen LogP contribution in [0.3, 0.4) is 0 Å². The molecule has 2 saturated heterocycles. The fourth-order valence-corrected chi connectivity index (χ4v) is 3.73. The number of carbonyl (C=O) groups is 1. The molecule has 0 spiro atoms. The van der Waals surface area contributed by atoms with Crippen molar-refractivity contribution in [2.75, 3.05) is 26.3 Å². The molecule has 1 amide bonds. The monoisotopic (exact) mass is 346 g/mol. The SMILES string of the molecule is C[C@@H]1CN(Cc2ccc(CNC(=O)C3CCOCC3)cc2)C[C@@H](C)O1. The van der Waals surface area contributed by atoms with E-state index >= 15 is 0 Å². The van der Waals surface area contributed by atoms with Crippen LogP contribution in [0.2, 0.25) is 0 Å². The van der Waals surface area contributed by atoms with Crippen LogP contribution in [0.25, 0.3) is 0 Å². The van der Waals surface area contributed by atoms with Crippen LogP contribution in [-0.2, 0) is 27.4 Å². The zero-order valence-corrected chi connectivity index (χ0v) is 15.4. The third-order valence-electron chi connectivity index (χ3n) is 4.98. The molecule has 2 fully saturated rings. The maximum Gasteiger partial charge on any atom is 0.223 e. The van der Waals surface area contributed by atoms with E-state index < -0.39 is 0 Å². The summed E-state index contributed by atoms with van der Waals surface area (Å²) in [4.78, 5) is 14.6. The van der Waals surface area contributed by atoms with Gasteiger partial charge in [0.05, 0.1) is 12.2 Å². The Kier molecular flexibility index (Phi) is 6.45. The molecule has 1 aromatic rings. The second-order valence-corrected chi connectivity index (χ2v) is 7.37. The summed E-state index contributed by atoms with van der Waals surface area (Å²) in [5.41, 5.74) is 2.45. The first kappa shape index (κ1) is 18.4. The Labute approximate surface area is 150 Å². The first-order valence-corrected chi connectivity index (χ1v) is 9.41. The number of carbonyl (C=O) groups excluding carboxylic acids is 1. The number of nitrogens with one attached hydrogen (secondary N) is 1. The number of morpholine rings is 1. The topological polar surface area (TPSA) is 50.8 Å². The van der Waals surface area contributed by atoms with Crippen molar-refractivity contribution < 1.29 is 14.3 Å². The Balaban J connectivity index is 1.46. The summed E-state index contributed by atoms with van der Waals surface area (Å²) in [6.45, 7) is 9.17. The van der Waals surface area contributed by atoms with Gasteiger partial charge in [-0.2, -0.15) is 0 Å². The molecule has 5 heteroatoms. The zero-order chi connectivity index (χ0) is 17.6. The Morgan fingerprint density at radius 3 is 2.32 bits per heavy atom. The fraction of sp³-hybridized carbons (Fsp3) is 0.650. The van der Waals surface area contributed by atoms with Crippen molar-refractivity contribution in [1.29, 1.82) is 0 Å². The second-order valence-electron chi connectivity index (χ2n) is 7.37. The number of hydrogen-bond acceptors (Lipinski definition) is 4. The van der Waals surface area contributed by atoms with Crippen molar-refractivity contribution in [2.24, 2.45) is 5.92 Å². The van der Waals surface area contributed by atoms with Gasteiger partial charge in [0, 0.05) is 45.3 Å². The Morgan fingerprint density at radius 2 is 1.68 bits per heavy atom. The van der Waals surface area contributed by atoms with Crippen molar-refractivity contribution in [2.45, 2.75) is 52.0 Å². The minimum atomic E-state index is 0.110. The lowest BCUT2D eigenvalue weighted by Gasteiger charge is -2.35. The normalized spacial score (nSPS) is 25.7. The van der Waals surface area contributed by atoms with E-state index in [1.165, 1.54) is 5.56 Å². The highest BCUT2D eigenvalue weighted by Crippen LogP contribution is 2.16. The van der Waals surface area contributed by atoms with E-state index in [4.69, 9.17) is 9.47 Å². The van der Waals surface area contributed by atoms with Crippen LogP contribution in [0.5, 0.6) is 0 Å². The number of hydrogen-bond donors (Lipinski definition) is 1. The van der Waals surface area contributed by atoms with Crippen LogP contribution >= 0.6 is 0 Å². The van der Waals surface area contributed by atoms with Crippen LogP contribution in [0, 0.1) is 5.92 Å². The van der Waals surface area contributed by atoms with E-state index in [-0.39, 0.29) is 11.8 Å². The van der Waals surface area contributed by atoms with Crippen molar-refractivity contribution in [3.63, 3.8) is 0 Å². The molecular formula is C20H30N2O3. The molecule has 1 N–H and O–H groups in total. The van der Waals surface area contributed by atoms with Gasteiger partial charge in [-0.05, 0) is 37.8 Å². The molecule has 25 heavy (non-hydrogen) atoms. The molecular weight excluding hydrogens is 316 g/mol. The highest BCUT2D eigenvalue weighted by molar-refractivity contribution is 5.78. The Morgan fingerprint density at radius 1 is 1.08 bits per heavy atom. The lowest BCUT2D eigenvalue weighted by atomic mass is 9.99. The van der Waals surface area contributed by atoms with E-state index in [2.05, 4.69) is 48.3 Å². The predicted octanol–water partition coefficient (Wildman–Crippen LogP) is 2.34. The summed E-state index contributed by atoms with van der Waals surface area (Å²) >= 11 is 0. The maximum atomic E-state index is 12.2. The molecule has 2 aliphatic rings. The molecule has 0 unspecified atom stereocenters. The third-order valence-corrected chi connectivity index (χ3v) is 4.98. The maximum absolute atomic E-state index is 12.2. The summed E-state index contributed by atoms with van der Waals surface area (Å²) in [7, 11) is 0. The second kappa shape index (κ2) is 8.79. The number of nitrogens with zero attached hydrogens (tertiary/aromatic N) is 1. The summed E-state index contributed by atoms with van der Waals surface area (Å²) in [5, 5.41) is 3.06. The van der Waals surface area contributed by atoms with Gasteiger partial charge in [-0.3, -0.25) is 9.69 Å². The summed E-state index contributed by atoms with van der Waals surface area (Å²) < 4.78 is 11.1. The van der Waals surface area contributed by atoms with Crippen molar-refractivity contribution >= 4 is 5.91 Å². The molecule has 138 valence electrons. The lowest BCUT2D eigenvalue weighted by molar-refractivity contribution is -0.128. The van der Waals surface area contributed by atoms with Gasteiger partial charge in [-0.1, -0.05) is 24.3 Å². The van der Waals surface area contributed by atoms with E-state index in [0.717, 1.165) is 38.0 Å². The minimum absolute atomic E-state index is 0.110. The molecule has 0 saturated carbocycles. The highest BCUT2D eigenvalue weighted by atomic mass is 16.5. The molecule has 5 nitrogen and oxygen atoms in total. The van der Waals surface area contributed by atoms with E-state index in [0.29, 0.717) is 32.0 Å². The average molecular weight is 346 g/mol. The lowest BCUT2D eigenvalue weighted by Crippen LogP contribution is -2.44. The van der Waals surface area contributed by atoms with Crippen molar-refractivity contribution in [3.05, 3.63) is 35.4 Å². The van der Waals surface area contributed by atoms with Gasteiger partial charge in [0.1, 0.15) is 0 Å². The minimum Gasteiger partial charge on any atom is -0.381 e. The molecule has 0 radical (unpaired) electrons. The molecule has 2 aliphatic heterocycles. The van der Waals surface area contributed by atoms with E-state index in [1.807, 2.05) is 0 Å². The van der Waals surface area contributed by atoms with Gasteiger partial charge < -0.3 is 14.8 Å². The Bertz CT molecular complexity index is 545. The largest absolute Gasteiger partial charge is 0.381 e. The van der Waals surface area contributed by atoms with Gasteiger partial charge in [-0.15, -0.1) is 0 Å². The van der Waals surface area contributed by atoms with Crippen LogP contribution < -0.4 is 5.32 Å². The molecule has 0 aliphatic carbocycles. The number of benzene rings is 1. The van der Waals surface area contributed by atoms with Crippen LogP contribution in [0.1, 0.15) is 37.8 Å². The molecule has 1 aromatic carbocycles. The molecule has 2 heterocycles. The summed E-state index contributed by atoms with van der Waals surface area (Å²) in [6, 6.07) is 8.57. The third kappa shape index (κ3) is 5.53. The summed E-state index contributed by atoms with van der Waals surface area (Å²) in [5.74, 6) is 0.266. The average Bonchev–Trinajstić information content (AvgIpc) is 2.61. The van der Waals surface area contributed by atoms with Crippen molar-refractivity contribution in [1.82, 2.24) is 10.2 Å². The van der Waals surface area contributed by atoms with Gasteiger partial charge in [-0.25, -0.2) is 0 Å². The van der Waals surface area contributed by atoms with Gasteiger partial charge in [0.15, 0.2) is 0 Å². The first-order chi connectivity index (χ1) is 12.1. The zero-order valence-electron chi connectivity index (χ0n) is 15.4. The van der Waals surface area contributed by atoms with Gasteiger partial charge in [0.2, 0.25) is 5.91 Å². The summed E-state index contributed by atoms with van der Waals surface area (Å²) in [6.07, 6.45) is 2.26. The highest BCUT2D eigenvalue weighted by Gasteiger charge is 2.22. The Hall–Kier alpha value is -1.43.